The molecule has 1 aliphatic heterocycles. The Balaban J connectivity index is 1.83. The molecule has 11 heteroatoms. The van der Waals surface area contributed by atoms with E-state index in [1.165, 1.54) is 17.8 Å². The molecule has 1 aromatic carbocycles. The van der Waals surface area contributed by atoms with Crippen molar-refractivity contribution >= 4 is 21.4 Å². The molecule has 3 rings (SSSR count). The zero-order chi connectivity index (χ0) is 21.6. The highest BCUT2D eigenvalue weighted by Crippen LogP contribution is 2.33. The first kappa shape index (κ1) is 21.3. The Morgan fingerprint density at radius 1 is 1.24 bits per heavy atom. The maximum Gasteiger partial charge on any atom is 0.416 e. The predicted octanol–water partition coefficient (Wildman–Crippen LogP) is 3.25. The number of benzene rings is 1. The summed E-state index contributed by atoms with van der Waals surface area (Å²) < 4.78 is 83.5. The van der Waals surface area contributed by atoms with Gasteiger partial charge in [-0.25, -0.2) is 12.8 Å². The second-order valence-electron chi connectivity index (χ2n) is 7.41. The van der Waals surface area contributed by atoms with Gasteiger partial charge in [0.05, 0.1) is 29.4 Å². The number of aryl methyl sites for hydroxylation is 1. The molecule has 0 aliphatic carbocycles. The first-order valence-electron chi connectivity index (χ1n) is 8.45. The summed E-state index contributed by atoms with van der Waals surface area (Å²) in [6, 6.07) is 2.79. The van der Waals surface area contributed by atoms with Crippen LogP contribution in [0.4, 0.5) is 23.2 Å². The maximum atomic E-state index is 13.5. The van der Waals surface area contributed by atoms with Crippen LogP contribution in [0.1, 0.15) is 23.0 Å². The van der Waals surface area contributed by atoms with Crippen LogP contribution in [0.25, 0.3) is 0 Å². The molecule has 2 aromatic rings. The summed E-state index contributed by atoms with van der Waals surface area (Å²) in [4.78, 5) is 12.4. The van der Waals surface area contributed by atoms with E-state index < -0.39 is 44.4 Å². The number of amides is 1. The van der Waals surface area contributed by atoms with Crippen molar-refractivity contribution in [1.29, 1.82) is 0 Å². The average Bonchev–Trinajstić information content (AvgIpc) is 2.94. The molecule has 1 N–H and O–H groups in total. The van der Waals surface area contributed by atoms with Crippen LogP contribution in [-0.2, 0) is 27.8 Å². The molecule has 1 fully saturated rings. The van der Waals surface area contributed by atoms with E-state index in [0.717, 1.165) is 12.1 Å². The molecule has 1 saturated heterocycles. The number of halogens is 4. The third-order valence-corrected chi connectivity index (χ3v) is 6.51. The second kappa shape index (κ2) is 7.13. The van der Waals surface area contributed by atoms with Gasteiger partial charge in [-0.05, 0) is 24.3 Å². The van der Waals surface area contributed by atoms with Crippen LogP contribution in [0.5, 0.6) is 0 Å². The summed E-state index contributed by atoms with van der Waals surface area (Å²) in [7, 11) is -2.28. The zero-order valence-corrected chi connectivity index (χ0v) is 16.3. The topological polar surface area (TPSA) is 77.4 Å². The third kappa shape index (κ3) is 4.61. The van der Waals surface area contributed by atoms with Gasteiger partial charge in [0, 0.05) is 24.3 Å². The number of hydrogen-bond acceptors (Lipinski definition) is 4. The molecular weight excluding hydrogens is 416 g/mol. The number of sulfone groups is 1. The molecule has 1 amide bonds. The lowest BCUT2D eigenvalue weighted by molar-refractivity contribution is -0.137. The van der Waals surface area contributed by atoms with Crippen LogP contribution in [0.2, 0.25) is 0 Å². The Morgan fingerprint density at radius 3 is 2.45 bits per heavy atom. The van der Waals surface area contributed by atoms with E-state index in [1.807, 2.05) is 0 Å². The minimum Gasteiger partial charge on any atom is -0.380 e. The number of alkyl halides is 3. The van der Waals surface area contributed by atoms with Gasteiger partial charge in [0.15, 0.2) is 9.84 Å². The van der Waals surface area contributed by atoms with Crippen LogP contribution in [0.15, 0.2) is 35.4 Å². The van der Waals surface area contributed by atoms with E-state index in [4.69, 9.17) is 4.74 Å². The lowest BCUT2D eigenvalue weighted by Gasteiger charge is -2.37. The molecule has 0 unspecified atom stereocenters. The van der Waals surface area contributed by atoms with Crippen molar-refractivity contribution in [3.8, 4) is 0 Å². The smallest absolute Gasteiger partial charge is 0.380 e. The van der Waals surface area contributed by atoms with Crippen LogP contribution >= 0.6 is 0 Å². The summed E-state index contributed by atoms with van der Waals surface area (Å²) in [6.45, 7) is 2.40. The number of rotatable bonds is 5. The molecule has 1 aromatic heterocycles. The van der Waals surface area contributed by atoms with Crippen molar-refractivity contribution in [2.45, 2.75) is 18.0 Å². The lowest BCUT2D eigenvalue weighted by Crippen LogP contribution is -2.45. The standard InChI is InChI=1S/C18H18F4N2O4S/c1-17(8-28-9-17)10-29(26,27)14-6-15(24(2)7-14)16(25)23-13-4-11(18(20,21)22)3-12(19)5-13/h3-7H,8-10H2,1-2H3,(H,23,25). The number of carbonyl (C=O) groups is 1. The van der Waals surface area contributed by atoms with E-state index >= 15 is 0 Å². The quantitative estimate of drug-likeness (QED) is 0.733. The third-order valence-electron chi connectivity index (χ3n) is 4.49. The van der Waals surface area contributed by atoms with Crippen molar-refractivity contribution in [2.75, 3.05) is 24.3 Å². The Hall–Kier alpha value is -2.40. The molecule has 158 valence electrons. The summed E-state index contributed by atoms with van der Waals surface area (Å²) in [5.74, 6) is -2.20. The maximum absolute atomic E-state index is 13.5. The van der Waals surface area contributed by atoms with E-state index in [1.54, 1.807) is 6.92 Å². The second-order valence-corrected chi connectivity index (χ2v) is 9.40. The van der Waals surface area contributed by atoms with Crippen molar-refractivity contribution in [3.63, 3.8) is 0 Å². The zero-order valence-electron chi connectivity index (χ0n) is 15.5. The SMILES string of the molecule is Cn1cc(S(=O)(=O)CC2(C)COC2)cc1C(=O)Nc1cc(F)cc(C(F)(F)F)c1. The van der Waals surface area contributed by atoms with Gasteiger partial charge in [-0.2, -0.15) is 13.2 Å². The molecular formula is C18H18F4N2O4S. The van der Waals surface area contributed by atoms with Gasteiger partial charge >= 0.3 is 6.18 Å². The van der Waals surface area contributed by atoms with Crippen LogP contribution in [0, 0.1) is 11.2 Å². The average molecular weight is 434 g/mol. The minimum absolute atomic E-state index is 0.0894. The normalized spacial score (nSPS) is 16.3. The Kier molecular flexibility index (Phi) is 5.24. The van der Waals surface area contributed by atoms with Gasteiger partial charge in [0.25, 0.3) is 5.91 Å². The number of hydrogen-bond donors (Lipinski definition) is 1. The summed E-state index contributed by atoms with van der Waals surface area (Å²) in [6.07, 6.45) is -3.53. The van der Waals surface area contributed by atoms with Crippen molar-refractivity contribution in [3.05, 3.63) is 47.5 Å². The van der Waals surface area contributed by atoms with Crippen LogP contribution in [-0.4, -0.2) is 37.9 Å². The largest absolute Gasteiger partial charge is 0.416 e. The molecule has 1 aliphatic rings. The number of nitrogens with one attached hydrogen (secondary N) is 1. The predicted molar refractivity (Wildman–Crippen MR) is 95.7 cm³/mol. The van der Waals surface area contributed by atoms with Crippen molar-refractivity contribution in [1.82, 2.24) is 4.57 Å². The summed E-state index contributed by atoms with van der Waals surface area (Å²) >= 11 is 0. The fraction of sp³-hybridized carbons (Fsp3) is 0.389. The number of nitrogens with zero attached hydrogens (tertiary/aromatic N) is 1. The van der Waals surface area contributed by atoms with Crippen LogP contribution < -0.4 is 5.32 Å². The highest BCUT2D eigenvalue weighted by molar-refractivity contribution is 7.91. The number of aromatic nitrogens is 1. The summed E-state index contributed by atoms with van der Waals surface area (Å²) in [5.41, 5.74) is -2.26. The number of carbonyl (C=O) groups excluding carboxylic acids is 1. The molecule has 6 nitrogen and oxygen atoms in total. The Bertz CT molecular complexity index is 1060. The minimum atomic E-state index is -4.78. The van der Waals surface area contributed by atoms with E-state index in [-0.39, 0.29) is 16.3 Å². The monoisotopic (exact) mass is 434 g/mol. The van der Waals surface area contributed by atoms with Gasteiger partial charge in [0.1, 0.15) is 11.5 Å². The fourth-order valence-electron chi connectivity index (χ4n) is 3.03. The molecule has 2 heterocycles. The van der Waals surface area contributed by atoms with E-state index in [9.17, 15) is 30.8 Å². The highest BCUT2D eigenvalue weighted by atomic mass is 32.2. The lowest BCUT2D eigenvalue weighted by atomic mass is 9.92. The number of ether oxygens (including phenoxy) is 1. The van der Waals surface area contributed by atoms with Gasteiger partial charge in [-0.3, -0.25) is 4.79 Å². The van der Waals surface area contributed by atoms with E-state index in [0.29, 0.717) is 25.3 Å². The van der Waals surface area contributed by atoms with Crippen molar-refractivity contribution < 1.29 is 35.5 Å². The van der Waals surface area contributed by atoms with E-state index in [2.05, 4.69) is 5.32 Å². The molecule has 0 atom stereocenters. The van der Waals surface area contributed by atoms with Gasteiger partial charge < -0.3 is 14.6 Å². The molecule has 29 heavy (non-hydrogen) atoms. The van der Waals surface area contributed by atoms with Crippen LogP contribution in [0.3, 0.4) is 0 Å². The first-order chi connectivity index (χ1) is 13.3. The Morgan fingerprint density at radius 2 is 1.90 bits per heavy atom. The van der Waals surface area contributed by atoms with Gasteiger partial charge in [-0.1, -0.05) is 6.92 Å². The van der Waals surface area contributed by atoms with Gasteiger partial charge in [0.2, 0.25) is 0 Å². The fourth-order valence-corrected chi connectivity index (χ4v) is 4.89. The first-order valence-corrected chi connectivity index (χ1v) is 10.1. The number of anilines is 1. The molecule has 0 spiro atoms. The molecule has 0 bridgehead atoms. The highest BCUT2D eigenvalue weighted by Gasteiger charge is 2.39. The molecule has 0 radical (unpaired) electrons. The Labute approximate surface area is 164 Å². The summed E-state index contributed by atoms with van der Waals surface area (Å²) in [5, 5.41) is 2.17. The van der Waals surface area contributed by atoms with Crippen molar-refractivity contribution in [2.24, 2.45) is 12.5 Å². The molecule has 0 saturated carbocycles. The van der Waals surface area contributed by atoms with Gasteiger partial charge in [-0.15, -0.1) is 0 Å².